The van der Waals surface area contributed by atoms with E-state index < -0.39 is 23.0 Å². The third kappa shape index (κ3) is 3.63. The minimum Gasteiger partial charge on any atom is -0.495 e. The van der Waals surface area contributed by atoms with Gasteiger partial charge < -0.3 is 4.74 Å². The number of ether oxygens (including phenoxy) is 1. The van der Waals surface area contributed by atoms with Gasteiger partial charge in [0.2, 0.25) is 10.0 Å². The van der Waals surface area contributed by atoms with Crippen molar-refractivity contribution >= 4 is 10.0 Å². The second-order valence-electron chi connectivity index (χ2n) is 4.00. The van der Waals surface area contributed by atoms with Gasteiger partial charge in [0.25, 0.3) is 6.43 Å². The van der Waals surface area contributed by atoms with Crippen LogP contribution in [0.25, 0.3) is 0 Å². The first-order valence-corrected chi connectivity index (χ1v) is 7.19. The van der Waals surface area contributed by atoms with E-state index in [0.717, 1.165) is 4.31 Å². The third-order valence-corrected chi connectivity index (χ3v) is 4.59. The summed E-state index contributed by atoms with van der Waals surface area (Å²) in [6.45, 7) is 2.39. The van der Waals surface area contributed by atoms with E-state index in [2.05, 4.69) is 0 Å². The Balaban J connectivity index is 3.28. The van der Waals surface area contributed by atoms with Gasteiger partial charge in [-0.1, -0.05) is 13.0 Å². The van der Waals surface area contributed by atoms with Crippen molar-refractivity contribution in [3.63, 3.8) is 0 Å². The predicted molar refractivity (Wildman–Crippen MR) is 68.2 cm³/mol. The topological polar surface area (TPSA) is 46.6 Å². The van der Waals surface area contributed by atoms with Crippen molar-refractivity contribution in [3.8, 4) is 5.75 Å². The molecule has 4 nitrogen and oxygen atoms in total. The van der Waals surface area contributed by atoms with Crippen LogP contribution in [-0.2, 0) is 10.0 Å². The Hall–Kier alpha value is -1.21. The molecule has 0 saturated carbocycles. The fourth-order valence-electron chi connectivity index (χ4n) is 1.68. The van der Waals surface area contributed by atoms with Gasteiger partial charge in [0.05, 0.1) is 13.7 Å². The Morgan fingerprint density at radius 3 is 2.47 bits per heavy atom. The summed E-state index contributed by atoms with van der Waals surface area (Å²) in [5.41, 5.74) is 0.715. The van der Waals surface area contributed by atoms with Crippen molar-refractivity contribution in [1.29, 1.82) is 0 Å². The Kier molecular flexibility index (Phi) is 5.25. The highest BCUT2D eigenvalue weighted by atomic mass is 32.2. The summed E-state index contributed by atoms with van der Waals surface area (Å²) < 4.78 is 55.3. The summed E-state index contributed by atoms with van der Waals surface area (Å²) in [5, 5.41) is 0. The zero-order valence-corrected chi connectivity index (χ0v) is 11.9. The molecule has 0 aliphatic heterocycles. The molecule has 0 saturated heterocycles. The van der Waals surface area contributed by atoms with Crippen LogP contribution in [0.5, 0.6) is 5.75 Å². The molecule has 0 bridgehead atoms. The predicted octanol–water partition coefficient (Wildman–Crippen LogP) is 2.28. The van der Waals surface area contributed by atoms with Crippen LogP contribution in [-0.4, -0.2) is 39.3 Å². The van der Waals surface area contributed by atoms with Crippen molar-refractivity contribution < 1.29 is 21.9 Å². The van der Waals surface area contributed by atoms with Crippen LogP contribution in [0.15, 0.2) is 23.1 Å². The van der Waals surface area contributed by atoms with Crippen LogP contribution in [0.4, 0.5) is 8.78 Å². The molecule has 0 radical (unpaired) electrons. The molecule has 0 aliphatic carbocycles. The minimum atomic E-state index is -3.98. The molecule has 0 N–H and O–H groups in total. The van der Waals surface area contributed by atoms with Crippen molar-refractivity contribution in [2.75, 3.05) is 20.2 Å². The lowest BCUT2D eigenvalue weighted by Gasteiger charge is -2.21. The highest BCUT2D eigenvalue weighted by Gasteiger charge is 2.28. The molecule has 0 spiro atoms. The highest BCUT2D eigenvalue weighted by molar-refractivity contribution is 7.89. The third-order valence-electron chi connectivity index (χ3n) is 2.63. The number of nitrogens with zero attached hydrogens (tertiary/aromatic N) is 1. The summed E-state index contributed by atoms with van der Waals surface area (Å²) >= 11 is 0. The van der Waals surface area contributed by atoms with Crippen molar-refractivity contribution in [1.82, 2.24) is 4.31 Å². The van der Waals surface area contributed by atoms with Gasteiger partial charge >= 0.3 is 0 Å². The van der Waals surface area contributed by atoms with E-state index >= 15 is 0 Å². The quantitative estimate of drug-likeness (QED) is 0.808. The van der Waals surface area contributed by atoms with E-state index in [1.165, 1.54) is 26.2 Å². The van der Waals surface area contributed by atoms with Gasteiger partial charge in [-0.2, -0.15) is 4.31 Å². The Labute approximate surface area is 112 Å². The molecule has 1 aromatic carbocycles. The summed E-state index contributed by atoms with van der Waals surface area (Å²) in [7, 11) is -2.64. The van der Waals surface area contributed by atoms with Gasteiger partial charge in [-0.15, -0.1) is 0 Å². The van der Waals surface area contributed by atoms with E-state index in [-0.39, 0.29) is 17.2 Å². The van der Waals surface area contributed by atoms with Crippen LogP contribution >= 0.6 is 0 Å². The first-order valence-electron chi connectivity index (χ1n) is 5.75. The number of hydrogen-bond acceptors (Lipinski definition) is 3. The highest BCUT2D eigenvalue weighted by Crippen LogP contribution is 2.27. The first kappa shape index (κ1) is 15.8. The van der Waals surface area contributed by atoms with Gasteiger partial charge in [0, 0.05) is 6.54 Å². The zero-order valence-electron chi connectivity index (χ0n) is 11.1. The van der Waals surface area contributed by atoms with Crippen LogP contribution < -0.4 is 4.74 Å². The maximum atomic E-state index is 12.4. The number of halogens is 2. The van der Waals surface area contributed by atoms with E-state index in [4.69, 9.17) is 4.74 Å². The Morgan fingerprint density at radius 2 is 2.00 bits per heavy atom. The summed E-state index contributed by atoms with van der Waals surface area (Å²) in [4.78, 5) is -0.0856. The molecule has 0 aliphatic rings. The molecule has 0 fully saturated rings. The number of methoxy groups -OCH3 is 1. The lowest BCUT2D eigenvalue weighted by molar-refractivity contribution is 0.121. The molecule has 0 amide bonds. The largest absolute Gasteiger partial charge is 0.495 e. The number of sulfonamides is 1. The number of alkyl halides is 2. The molecular formula is C12H17F2NO3S. The monoisotopic (exact) mass is 293 g/mol. The standard InChI is InChI=1S/C12H17F2NO3S/c1-4-15(8-12(13)14)19(16,17)11-7-9(2)5-6-10(11)18-3/h5-7,12H,4,8H2,1-3H3. The van der Waals surface area contributed by atoms with Gasteiger partial charge in [0.1, 0.15) is 10.6 Å². The number of hydrogen-bond donors (Lipinski definition) is 0. The number of rotatable bonds is 6. The van der Waals surface area contributed by atoms with Gasteiger partial charge in [-0.25, -0.2) is 17.2 Å². The van der Waals surface area contributed by atoms with Crippen molar-refractivity contribution in [2.45, 2.75) is 25.2 Å². The molecule has 0 aromatic heterocycles. The van der Waals surface area contributed by atoms with Gasteiger partial charge in [0.15, 0.2) is 0 Å². The van der Waals surface area contributed by atoms with Crippen molar-refractivity contribution in [3.05, 3.63) is 23.8 Å². The minimum absolute atomic E-state index is 0.0240. The first-order chi connectivity index (χ1) is 8.82. The van der Waals surface area contributed by atoms with Crippen LogP contribution in [0, 0.1) is 6.92 Å². The smallest absolute Gasteiger partial charge is 0.252 e. The fourth-order valence-corrected chi connectivity index (χ4v) is 3.34. The van der Waals surface area contributed by atoms with E-state index in [1.54, 1.807) is 13.0 Å². The SMILES string of the molecule is CCN(CC(F)F)S(=O)(=O)c1cc(C)ccc1OC. The zero-order chi connectivity index (χ0) is 14.6. The maximum absolute atomic E-state index is 12.4. The second-order valence-corrected chi connectivity index (χ2v) is 5.91. The van der Waals surface area contributed by atoms with Crippen molar-refractivity contribution in [2.24, 2.45) is 0 Å². The van der Waals surface area contributed by atoms with Gasteiger partial charge in [-0.05, 0) is 24.6 Å². The van der Waals surface area contributed by atoms with Gasteiger partial charge in [-0.3, -0.25) is 0 Å². The summed E-state index contributed by atoms with van der Waals surface area (Å²) in [6.07, 6.45) is -2.72. The van der Waals surface area contributed by atoms with E-state index in [0.29, 0.717) is 5.56 Å². The van der Waals surface area contributed by atoms with E-state index in [9.17, 15) is 17.2 Å². The molecule has 1 rings (SSSR count). The fraction of sp³-hybridized carbons (Fsp3) is 0.500. The van der Waals surface area contributed by atoms with Crippen LogP contribution in [0.3, 0.4) is 0 Å². The Bertz CT molecular complexity index is 532. The lowest BCUT2D eigenvalue weighted by Crippen LogP contribution is -2.35. The molecule has 1 aromatic rings. The number of aryl methyl sites for hydroxylation is 1. The van der Waals surface area contributed by atoms with Crippen LogP contribution in [0.1, 0.15) is 12.5 Å². The lowest BCUT2D eigenvalue weighted by atomic mass is 10.2. The summed E-state index contributed by atoms with van der Waals surface area (Å²) in [5.74, 6) is 0.151. The number of benzene rings is 1. The Morgan fingerprint density at radius 1 is 1.37 bits per heavy atom. The molecule has 0 atom stereocenters. The van der Waals surface area contributed by atoms with E-state index in [1.807, 2.05) is 0 Å². The molecule has 19 heavy (non-hydrogen) atoms. The maximum Gasteiger partial charge on any atom is 0.252 e. The summed E-state index contributed by atoms with van der Waals surface area (Å²) in [6, 6.07) is 4.63. The molecule has 0 heterocycles. The average molecular weight is 293 g/mol. The normalized spacial score (nSPS) is 12.2. The molecule has 0 unspecified atom stereocenters. The molecule has 7 heteroatoms. The molecule has 108 valence electrons. The second kappa shape index (κ2) is 6.29. The van der Waals surface area contributed by atoms with Crippen LogP contribution in [0.2, 0.25) is 0 Å². The average Bonchev–Trinajstić information content (AvgIpc) is 2.35. The molecular weight excluding hydrogens is 276 g/mol.